The number of rotatable bonds is 19. The van der Waals surface area contributed by atoms with Crippen molar-refractivity contribution in [3.8, 4) is 0 Å². The Morgan fingerprint density at radius 2 is 1.41 bits per heavy atom. The lowest BCUT2D eigenvalue weighted by molar-refractivity contribution is -0.147. The number of esters is 2. The molecule has 2 atom stereocenters. The highest BCUT2D eigenvalue weighted by atomic mass is 16.6. The number of carbonyl (C=O) groups excluding carboxylic acids is 2. The van der Waals surface area contributed by atoms with E-state index in [9.17, 15) is 24.9 Å². The van der Waals surface area contributed by atoms with Crippen molar-refractivity contribution in [2.75, 3.05) is 24.6 Å². The molecule has 0 spiro atoms. The van der Waals surface area contributed by atoms with Crippen molar-refractivity contribution in [1.82, 2.24) is 0 Å². The zero-order valence-electron chi connectivity index (χ0n) is 22.5. The van der Waals surface area contributed by atoms with E-state index in [1.165, 1.54) is 64.2 Å². The Balaban J connectivity index is 1.88. The fourth-order valence-electron chi connectivity index (χ4n) is 4.40. The number of carbonyl (C=O) groups is 2. The van der Waals surface area contributed by atoms with Crippen LogP contribution in [-0.2, 0) is 14.3 Å². The van der Waals surface area contributed by atoms with Crippen molar-refractivity contribution < 1.29 is 34.4 Å². The Kier molecular flexibility index (Phi) is 13.9. The number of benzene rings is 1. The molecule has 0 aromatic heterocycles. The van der Waals surface area contributed by atoms with Crippen LogP contribution < -0.4 is 4.90 Å². The third kappa shape index (κ3) is 10.3. The molecule has 2 rings (SSSR count). The van der Waals surface area contributed by atoms with E-state index in [4.69, 9.17) is 4.74 Å². The first-order chi connectivity index (χ1) is 17.9. The molecule has 0 radical (unpaired) electrons. The van der Waals surface area contributed by atoms with Gasteiger partial charge in [0.25, 0.3) is 0 Å². The summed E-state index contributed by atoms with van der Waals surface area (Å²) in [6.07, 6.45) is 12.0. The quantitative estimate of drug-likeness (QED) is 0.151. The van der Waals surface area contributed by atoms with E-state index in [0.717, 1.165) is 31.6 Å². The standard InChI is InChI=1S/C29H45NO7/c1-3-5-7-9-11-13-19-30(20-14-12-10-8-6-4-2)23-17-15-22(16-18-23)28(34)36-21-24(31)27-25(32)26(33)29(35)37-27/h15-18,24,27,31-33H,3-14,19-21H2,1-2H3. The maximum atomic E-state index is 12.5. The first-order valence-corrected chi connectivity index (χ1v) is 13.9. The van der Waals surface area contributed by atoms with Gasteiger partial charge < -0.3 is 29.7 Å². The van der Waals surface area contributed by atoms with Crippen LogP contribution >= 0.6 is 0 Å². The van der Waals surface area contributed by atoms with Gasteiger partial charge in [0.05, 0.1) is 5.56 Å². The average Bonchev–Trinajstić information content (AvgIpc) is 3.17. The number of hydrogen-bond acceptors (Lipinski definition) is 8. The minimum absolute atomic E-state index is 0.334. The molecule has 2 unspecified atom stereocenters. The molecule has 208 valence electrons. The molecule has 0 saturated heterocycles. The van der Waals surface area contributed by atoms with Crippen molar-refractivity contribution in [2.24, 2.45) is 0 Å². The monoisotopic (exact) mass is 519 g/mol. The number of aliphatic hydroxyl groups excluding tert-OH is 3. The number of ether oxygens (including phenoxy) is 2. The van der Waals surface area contributed by atoms with Crippen molar-refractivity contribution in [3.63, 3.8) is 0 Å². The fraction of sp³-hybridized carbons (Fsp3) is 0.655. The minimum Gasteiger partial charge on any atom is -0.505 e. The second-order valence-electron chi connectivity index (χ2n) is 9.80. The van der Waals surface area contributed by atoms with Gasteiger partial charge in [0.1, 0.15) is 12.7 Å². The van der Waals surface area contributed by atoms with E-state index in [-0.39, 0.29) is 0 Å². The molecule has 0 saturated carbocycles. The molecule has 1 aromatic carbocycles. The average molecular weight is 520 g/mol. The Morgan fingerprint density at radius 1 is 0.892 bits per heavy atom. The Hall–Kier alpha value is -2.74. The number of cyclic esters (lactones) is 1. The second-order valence-corrected chi connectivity index (χ2v) is 9.80. The highest BCUT2D eigenvalue weighted by Gasteiger charge is 2.39. The van der Waals surface area contributed by atoms with E-state index >= 15 is 0 Å². The molecule has 3 N–H and O–H groups in total. The van der Waals surface area contributed by atoms with Gasteiger partial charge in [-0.2, -0.15) is 0 Å². The van der Waals surface area contributed by atoms with Crippen LogP contribution in [0.4, 0.5) is 5.69 Å². The first-order valence-electron chi connectivity index (χ1n) is 13.9. The van der Waals surface area contributed by atoms with Crippen LogP contribution in [0.1, 0.15) is 101 Å². The number of nitrogens with zero attached hydrogens (tertiary/aromatic N) is 1. The largest absolute Gasteiger partial charge is 0.505 e. The van der Waals surface area contributed by atoms with Gasteiger partial charge in [-0.3, -0.25) is 0 Å². The topological polar surface area (TPSA) is 117 Å². The summed E-state index contributed by atoms with van der Waals surface area (Å²) in [6, 6.07) is 7.26. The second kappa shape index (κ2) is 16.9. The van der Waals surface area contributed by atoms with Crippen molar-refractivity contribution >= 4 is 17.6 Å². The molecule has 0 fully saturated rings. The zero-order valence-corrected chi connectivity index (χ0v) is 22.5. The normalized spacial score (nSPS) is 16.1. The lowest BCUT2D eigenvalue weighted by Gasteiger charge is -2.25. The smallest absolute Gasteiger partial charge is 0.377 e. The van der Waals surface area contributed by atoms with E-state index in [1.54, 1.807) is 12.1 Å². The fourth-order valence-corrected chi connectivity index (χ4v) is 4.40. The van der Waals surface area contributed by atoms with Crippen LogP contribution in [0.25, 0.3) is 0 Å². The van der Waals surface area contributed by atoms with Crippen LogP contribution in [0.5, 0.6) is 0 Å². The molecule has 1 aromatic rings. The summed E-state index contributed by atoms with van der Waals surface area (Å²) in [7, 11) is 0. The highest BCUT2D eigenvalue weighted by molar-refractivity contribution is 5.90. The summed E-state index contributed by atoms with van der Waals surface area (Å²) in [5, 5.41) is 29.1. The van der Waals surface area contributed by atoms with Crippen LogP contribution in [0.2, 0.25) is 0 Å². The van der Waals surface area contributed by atoms with Gasteiger partial charge in [0.2, 0.25) is 5.76 Å². The highest BCUT2D eigenvalue weighted by Crippen LogP contribution is 2.22. The molecular formula is C29H45NO7. The van der Waals surface area contributed by atoms with Gasteiger partial charge in [-0.05, 0) is 37.1 Å². The van der Waals surface area contributed by atoms with E-state index in [1.807, 2.05) is 12.1 Å². The summed E-state index contributed by atoms with van der Waals surface area (Å²) in [6.45, 7) is 5.92. The molecule has 8 nitrogen and oxygen atoms in total. The molecule has 0 aliphatic carbocycles. The van der Waals surface area contributed by atoms with Crippen molar-refractivity contribution in [2.45, 2.75) is 103 Å². The van der Waals surface area contributed by atoms with Gasteiger partial charge in [-0.25, -0.2) is 9.59 Å². The molecule has 1 aliphatic heterocycles. The van der Waals surface area contributed by atoms with Crippen LogP contribution in [0.3, 0.4) is 0 Å². The summed E-state index contributed by atoms with van der Waals surface area (Å²) in [5.41, 5.74) is 1.41. The predicted octanol–water partition coefficient (Wildman–Crippen LogP) is 5.98. The van der Waals surface area contributed by atoms with Crippen molar-refractivity contribution in [1.29, 1.82) is 0 Å². The molecule has 0 bridgehead atoms. The van der Waals surface area contributed by atoms with Gasteiger partial charge in [0, 0.05) is 18.8 Å². The molecule has 37 heavy (non-hydrogen) atoms. The maximum Gasteiger partial charge on any atom is 0.377 e. The van der Waals surface area contributed by atoms with Crippen molar-refractivity contribution in [3.05, 3.63) is 41.3 Å². The van der Waals surface area contributed by atoms with E-state index in [0.29, 0.717) is 5.56 Å². The number of unbranched alkanes of at least 4 members (excludes halogenated alkanes) is 10. The lowest BCUT2D eigenvalue weighted by atomic mass is 10.1. The maximum absolute atomic E-state index is 12.5. The Morgan fingerprint density at radius 3 is 1.89 bits per heavy atom. The van der Waals surface area contributed by atoms with Gasteiger partial charge in [-0.1, -0.05) is 78.1 Å². The minimum atomic E-state index is -1.50. The zero-order chi connectivity index (χ0) is 27.0. The van der Waals surface area contributed by atoms with E-state index < -0.39 is 42.3 Å². The number of aliphatic hydroxyl groups is 3. The first kappa shape index (κ1) is 30.5. The summed E-state index contributed by atoms with van der Waals surface area (Å²) in [4.78, 5) is 26.2. The molecule has 0 amide bonds. The molecule has 1 aliphatic rings. The molecule has 8 heteroatoms. The third-order valence-electron chi connectivity index (χ3n) is 6.71. The predicted molar refractivity (Wildman–Crippen MR) is 144 cm³/mol. The van der Waals surface area contributed by atoms with Crippen LogP contribution in [-0.4, -0.2) is 59.2 Å². The van der Waals surface area contributed by atoms with E-state index in [2.05, 4.69) is 23.5 Å². The van der Waals surface area contributed by atoms with Gasteiger partial charge >= 0.3 is 11.9 Å². The van der Waals surface area contributed by atoms with Crippen LogP contribution in [0, 0.1) is 0 Å². The lowest BCUT2D eigenvalue weighted by Crippen LogP contribution is -2.33. The molecule has 1 heterocycles. The van der Waals surface area contributed by atoms with Gasteiger partial charge in [-0.15, -0.1) is 0 Å². The third-order valence-corrected chi connectivity index (χ3v) is 6.71. The summed E-state index contributed by atoms with van der Waals surface area (Å²) < 4.78 is 9.82. The van der Waals surface area contributed by atoms with Crippen LogP contribution in [0.15, 0.2) is 35.8 Å². The Bertz CT molecular complexity index is 836. The molecular weight excluding hydrogens is 474 g/mol. The number of anilines is 1. The summed E-state index contributed by atoms with van der Waals surface area (Å²) >= 11 is 0. The van der Waals surface area contributed by atoms with Gasteiger partial charge in [0.15, 0.2) is 11.9 Å². The number of hydrogen-bond donors (Lipinski definition) is 3. The summed E-state index contributed by atoms with van der Waals surface area (Å²) in [5.74, 6) is -3.48. The Labute approximate surface area is 221 Å². The SMILES string of the molecule is CCCCCCCCN(CCCCCCCC)c1ccc(C(=O)OCC(O)C2OC(=O)C(O)=C2O)cc1.